The largest absolute Gasteiger partial charge is 0.444 e. The van der Waals surface area contributed by atoms with Crippen molar-refractivity contribution in [2.24, 2.45) is 0 Å². The summed E-state index contributed by atoms with van der Waals surface area (Å²) in [4.78, 5) is 24.0. The molecule has 3 aromatic rings. The Balaban J connectivity index is 1.55. The third-order valence-electron chi connectivity index (χ3n) is 3.69. The van der Waals surface area contributed by atoms with E-state index < -0.39 is 11.7 Å². The number of nitrogens with zero attached hydrogens (tertiary/aromatic N) is 1. The highest BCUT2D eigenvalue weighted by Crippen LogP contribution is 2.17. The molecule has 0 aliphatic carbocycles. The fourth-order valence-electron chi connectivity index (χ4n) is 2.53. The zero-order valence-corrected chi connectivity index (χ0v) is 15.5. The normalized spacial score (nSPS) is 11.2. The van der Waals surface area contributed by atoms with Crippen LogP contribution in [0.5, 0.6) is 0 Å². The number of carbonyl (C=O) groups excluding carboxylic acids is 2. The second-order valence-corrected chi connectivity index (χ2v) is 7.22. The van der Waals surface area contributed by atoms with Gasteiger partial charge in [-0.2, -0.15) is 5.10 Å². The number of carbonyl (C=O) groups is 2. The Hall–Kier alpha value is -3.35. The molecule has 0 aliphatic heterocycles. The van der Waals surface area contributed by atoms with Crippen molar-refractivity contribution >= 4 is 34.3 Å². The van der Waals surface area contributed by atoms with E-state index in [0.29, 0.717) is 11.4 Å². The fourth-order valence-corrected chi connectivity index (χ4v) is 2.53. The number of hydrogen-bond acceptors (Lipinski definition) is 4. The lowest BCUT2D eigenvalue weighted by Gasteiger charge is -2.19. The smallest absolute Gasteiger partial charge is 0.412 e. The van der Waals surface area contributed by atoms with E-state index in [0.717, 1.165) is 16.5 Å². The number of ether oxygens (including phenoxy) is 1. The molecule has 140 valence electrons. The van der Waals surface area contributed by atoms with E-state index in [-0.39, 0.29) is 12.3 Å². The quantitative estimate of drug-likeness (QED) is 0.648. The highest BCUT2D eigenvalue weighted by Gasteiger charge is 2.16. The second kappa shape index (κ2) is 7.49. The molecule has 1 aromatic heterocycles. The molecule has 3 rings (SSSR count). The van der Waals surface area contributed by atoms with Crippen LogP contribution in [0.4, 0.5) is 16.2 Å². The van der Waals surface area contributed by atoms with Crippen molar-refractivity contribution in [2.75, 3.05) is 10.6 Å². The van der Waals surface area contributed by atoms with Gasteiger partial charge in [0.2, 0.25) is 5.91 Å². The first-order chi connectivity index (χ1) is 12.8. The van der Waals surface area contributed by atoms with Gasteiger partial charge in [-0.25, -0.2) is 4.79 Å². The van der Waals surface area contributed by atoms with Crippen LogP contribution in [-0.4, -0.2) is 27.8 Å². The van der Waals surface area contributed by atoms with E-state index >= 15 is 0 Å². The van der Waals surface area contributed by atoms with Crippen molar-refractivity contribution in [3.05, 3.63) is 54.2 Å². The monoisotopic (exact) mass is 366 g/mol. The van der Waals surface area contributed by atoms with E-state index in [4.69, 9.17) is 4.74 Å². The van der Waals surface area contributed by atoms with Gasteiger partial charge in [0.05, 0.1) is 18.1 Å². The number of aromatic amines is 1. The van der Waals surface area contributed by atoms with Gasteiger partial charge in [-0.3, -0.25) is 15.2 Å². The molecule has 0 unspecified atom stereocenters. The molecule has 0 spiro atoms. The average molecular weight is 366 g/mol. The van der Waals surface area contributed by atoms with E-state index in [1.54, 1.807) is 51.2 Å². The SMILES string of the molecule is CC(C)(C)OC(=O)Nc1ccc(CC(=O)Nc2ccc3cn[nH]c3c2)cc1. The number of nitrogens with one attached hydrogen (secondary N) is 3. The molecule has 1 heterocycles. The van der Waals surface area contributed by atoms with Gasteiger partial charge in [-0.15, -0.1) is 0 Å². The van der Waals surface area contributed by atoms with Crippen LogP contribution in [0.3, 0.4) is 0 Å². The molecule has 2 aromatic carbocycles. The summed E-state index contributed by atoms with van der Waals surface area (Å²) in [5, 5.41) is 13.4. The molecule has 0 saturated heterocycles. The van der Waals surface area contributed by atoms with E-state index in [2.05, 4.69) is 20.8 Å². The Morgan fingerprint density at radius 3 is 2.44 bits per heavy atom. The molecular weight excluding hydrogens is 344 g/mol. The number of fused-ring (bicyclic) bond motifs is 1. The van der Waals surface area contributed by atoms with Gasteiger partial charge >= 0.3 is 6.09 Å². The van der Waals surface area contributed by atoms with Gasteiger partial charge < -0.3 is 10.1 Å². The number of aromatic nitrogens is 2. The van der Waals surface area contributed by atoms with Crippen molar-refractivity contribution < 1.29 is 14.3 Å². The summed E-state index contributed by atoms with van der Waals surface area (Å²) in [7, 11) is 0. The van der Waals surface area contributed by atoms with Crippen LogP contribution in [0.25, 0.3) is 10.9 Å². The average Bonchev–Trinajstić information content (AvgIpc) is 3.02. The second-order valence-electron chi connectivity index (χ2n) is 7.22. The van der Waals surface area contributed by atoms with Crippen LogP contribution in [0.15, 0.2) is 48.7 Å². The Morgan fingerprint density at radius 1 is 1.04 bits per heavy atom. The molecule has 27 heavy (non-hydrogen) atoms. The minimum Gasteiger partial charge on any atom is -0.444 e. The molecule has 3 N–H and O–H groups in total. The minimum atomic E-state index is -0.554. The van der Waals surface area contributed by atoms with Gasteiger partial charge in [0.25, 0.3) is 0 Å². The molecule has 0 atom stereocenters. The van der Waals surface area contributed by atoms with Crippen LogP contribution in [0.1, 0.15) is 26.3 Å². The maximum Gasteiger partial charge on any atom is 0.412 e. The van der Waals surface area contributed by atoms with E-state index in [1.807, 2.05) is 18.2 Å². The Morgan fingerprint density at radius 2 is 1.74 bits per heavy atom. The maximum absolute atomic E-state index is 12.2. The minimum absolute atomic E-state index is 0.123. The van der Waals surface area contributed by atoms with Crippen molar-refractivity contribution in [3.63, 3.8) is 0 Å². The molecule has 0 saturated carbocycles. The lowest BCUT2D eigenvalue weighted by atomic mass is 10.1. The third-order valence-corrected chi connectivity index (χ3v) is 3.69. The molecule has 0 radical (unpaired) electrons. The Bertz CT molecular complexity index is 955. The van der Waals surface area contributed by atoms with Crippen molar-refractivity contribution in [1.29, 1.82) is 0 Å². The van der Waals surface area contributed by atoms with E-state index in [1.165, 1.54) is 0 Å². The highest BCUT2D eigenvalue weighted by atomic mass is 16.6. The number of benzene rings is 2. The summed E-state index contributed by atoms with van der Waals surface area (Å²) in [6.07, 6.45) is 1.45. The van der Waals surface area contributed by atoms with Gasteiger partial charge in [0.1, 0.15) is 5.60 Å². The van der Waals surface area contributed by atoms with E-state index in [9.17, 15) is 9.59 Å². The highest BCUT2D eigenvalue weighted by molar-refractivity contribution is 5.94. The predicted octanol–water partition coefficient (Wildman–Crippen LogP) is 4.09. The molecular formula is C20H22N4O3. The Kier molecular flexibility index (Phi) is 5.12. The number of rotatable bonds is 4. The van der Waals surface area contributed by atoms with Crippen LogP contribution >= 0.6 is 0 Å². The van der Waals surface area contributed by atoms with Crippen LogP contribution in [0, 0.1) is 0 Å². The molecule has 7 heteroatoms. The van der Waals surface area contributed by atoms with Crippen molar-refractivity contribution in [3.8, 4) is 0 Å². The number of amides is 2. The van der Waals surface area contributed by atoms with Crippen molar-refractivity contribution in [2.45, 2.75) is 32.8 Å². The standard InChI is InChI=1S/C20H22N4O3/c1-20(2,3)27-19(26)23-15-7-4-13(5-8-15)10-18(25)22-16-9-6-14-12-21-24-17(14)11-16/h4-9,11-12H,10H2,1-3H3,(H,21,24)(H,22,25)(H,23,26). The summed E-state index contributed by atoms with van der Waals surface area (Å²) in [5.41, 5.74) is 2.47. The third kappa shape index (κ3) is 5.31. The van der Waals surface area contributed by atoms with Crippen molar-refractivity contribution in [1.82, 2.24) is 10.2 Å². The van der Waals surface area contributed by atoms with Gasteiger partial charge in [-0.05, 0) is 56.7 Å². The molecule has 0 fully saturated rings. The number of anilines is 2. The molecule has 7 nitrogen and oxygen atoms in total. The first kappa shape index (κ1) is 18.4. The molecule has 0 aliphatic rings. The summed E-state index contributed by atoms with van der Waals surface area (Å²) >= 11 is 0. The van der Waals surface area contributed by atoms with Crippen LogP contribution in [0.2, 0.25) is 0 Å². The van der Waals surface area contributed by atoms with Crippen LogP contribution in [-0.2, 0) is 16.0 Å². The lowest BCUT2D eigenvalue weighted by molar-refractivity contribution is -0.115. The summed E-state index contributed by atoms with van der Waals surface area (Å²) in [6.45, 7) is 5.41. The summed E-state index contributed by atoms with van der Waals surface area (Å²) < 4.78 is 5.21. The van der Waals surface area contributed by atoms with Crippen LogP contribution < -0.4 is 10.6 Å². The first-order valence-electron chi connectivity index (χ1n) is 8.60. The molecule has 0 bridgehead atoms. The predicted molar refractivity (Wildman–Crippen MR) is 105 cm³/mol. The zero-order valence-electron chi connectivity index (χ0n) is 15.5. The van der Waals surface area contributed by atoms with Gasteiger partial charge in [-0.1, -0.05) is 12.1 Å². The zero-order chi connectivity index (χ0) is 19.4. The Labute approximate surface area is 157 Å². The molecule has 2 amide bonds. The maximum atomic E-state index is 12.2. The van der Waals surface area contributed by atoms with Gasteiger partial charge in [0, 0.05) is 16.8 Å². The topological polar surface area (TPSA) is 96.1 Å². The summed E-state index contributed by atoms with van der Waals surface area (Å²) in [6, 6.07) is 12.6. The fraction of sp³-hybridized carbons (Fsp3) is 0.250. The van der Waals surface area contributed by atoms with Gasteiger partial charge in [0.15, 0.2) is 0 Å². The first-order valence-corrected chi connectivity index (χ1v) is 8.60. The summed E-state index contributed by atoms with van der Waals surface area (Å²) in [5.74, 6) is -0.123. The number of H-pyrrole nitrogens is 1. The lowest BCUT2D eigenvalue weighted by Crippen LogP contribution is -2.27. The number of hydrogen-bond donors (Lipinski definition) is 3.